The molecular weight excluding hydrogens is 294 g/mol. The highest BCUT2D eigenvalue weighted by Gasteiger charge is 2.08. The van der Waals surface area contributed by atoms with Gasteiger partial charge in [0.1, 0.15) is 6.61 Å². The van der Waals surface area contributed by atoms with Crippen LogP contribution >= 0.6 is 0 Å². The summed E-state index contributed by atoms with van der Waals surface area (Å²) in [5, 5.41) is 8.38. The molecule has 0 aliphatic carbocycles. The Bertz CT molecular complexity index is 500. The molecule has 0 aliphatic heterocycles. The highest BCUT2D eigenvalue weighted by molar-refractivity contribution is 5.93. The summed E-state index contributed by atoms with van der Waals surface area (Å²) >= 11 is 0. The lowest BCUT2D eigenvalue weighted by atomic mass is 10.0. The second-order valence-electron chi connectivity index (χ2n) is 6.03. The molecule has 0 spiro atoms. The molecule has 0 fully saturated rings. The molecule has 0 aromatic heterocycles. The zero-order valence-electron chi connectivity index (χ0n) is 14.3. The molecule has 0 heterocycles. The Kier molecular flexibility index (Phi) is 8.11. The lowest BCUT2D eigenvalue weighted by Gasteiger charge is -2.16. The first-order valence-electron chi connectivity index (χ1n) is 7.87. The first-order valence-corrected chi connectivity index (χ1v) is 7.87. The van der Waals surface area contributed by atoms with Gasteiger partial charge in [-0.2, -0.15) is 0 Å². The number of hydrogen-bond donors (Lipinski definition) is 3. The van der Waals surface area contributed by atoms with Crippen molar-refractivity contribution in [2.45, 2.75) is 39.7 Å². The van der Waals surface area contributed by atoms with Gasteiger partial charge in [-0.15, -0.1) is 0 Å². The molecule has 0 bridgehead atoms. The SMILES string of the molecule is COCC(=O)Nc1ccc(NC(=O)N[C@@H](C)CCC(C)C)cc1. The van der Waals surface area contributed by atoms with Crippen molar-refractivity contribution in [2.75, 3.05) is 24.4 Å². The highest BCUT2D eigenvalue weighted by atomic mass is 16.5. The van der Waals surface area contributed by atoms with Crippen LogP contribution in [0.4, 0.5) is 16.2 Å². The number of carbonyl (C=O) groups excluding carboxylic acids is 2. The van der Waals surface area contributed by atoms with Crippen molar-refractivity contribution in [3.8, 4) is 0 Å². The Balaban J connectivity index is 2.42. The molecule has 0 saturated heterocycles. The first kappa shape index (κ1) is 19.0. The van der Waals surface area contributed by atoms with Crippen LogP contribution in [-0.2, 0) is 9.53 Å². The van der Waals surface area contributed by atoms with Crippen molar-refractivity contribution in [3.05, 3.63) is 24.3 Å². The van der Waals surface area contributed by atoms with Crippen molar-refractivity contribution in [1.29, 1.82) is 0 Å². The van der Waals surface area contributed by atoms with E-state index in [9.17, 15) is 9.59 Å². The Hall–Kier alpha value is -2.08. The monoisotopic (exact) mass is 321 g/mol. The third-order valence-corrected chi connectivity index (χ3v) is 3.26. The van der Waals surface area contributed by atoms with Crippen LogP contribution in [0.3, 0.4) is 0 Å². The molecule has 0 aliphatic rings. The second kappa shape index (κ2) is 9.84. The van der Waals surface area contributed by atoms with E-state index in [1.54, 1.807) is 24.3 Å². The summed E-state index contributed by atoms with van der Waals surface area (Å²) in [7, 11) is 1.47. The number of hydrogen-bond acceptors (Lipinski definition) is 3. The summed E-state index contributed by atoms with van der Waals surface area (Å²) in [5.41, 5.74) is 1.33. The van der Waals surface area contributed by atoms with Crippen LogP contribution in [0.25, 0.3) is 0 Å². The number of nitrogens with one attached hydrogen (secondary N) is 3. The molecule has 128 valence electrons. The van der Waals surface area contributed by atoms with Gasteiger partial charge in [-0.3, -0.25) is 4.79 Å². The van der Waals surface area contributed by atoms with E-state index in [4.69, 9.17) is 4.74 Å². The maximum atomic E-state index is 11.9. The molecule has 23 heavy (non-hydrogen) atoms. The van der Waals surface area contributed by atoms with Gasteiger partial charge in [-0.1, -0.05) is 13.8 Å². The van der Waals surface area contributed by atoms with Gasteiger partial charge >= 0.3 is 6.03 Å². The van der Waals surface area contributed by atoms with E-state index in [0.29, 0.717) is 17.3 Å². The van der Waals surface area contributed by atoms with Gasteiger partial charge in [0.2, 0.25) is 5.91 Å². The van der Waals surface area contributed by atoms with Crippen LogP contribution in [0, 0.1) is 5.92 Å². The van der Waals surface area contributed by atoms with E-state index >= 15 is 0 Å². The summed E-state index contributed by atoms with van der Waals surface area (Å²) in [5.74, 6) is 0.410. The van der Waals surface area contributed by atoms with Crippen LogP contribution in [0.2, 0.25) is 0 Å². The first-order chi connectivity index (χ1) is 10.9. The Morgan fingerprint density at radius 1 is 1.00 bits per heavy atom. The number of anilines is 2. The zero-order chi connectivity index (χ0) is 17.2. The molecule has 0 radical (unpaired) electrons. The van der Waals surface area contributed by atoms with Gasteiger partial charge in [0, 0.05) is 24.5 Å². The van der Waals surface area contributed by atoms with E-state index < -0.39 is 0 Å². The molecule has 1 aromatic rings. The van der Waals surface area contributed by atoms with E-state index in [1.165, 1.54) is 7.11 Å². The molecule has 3 N–H and O–H groups in total. The largest absolute Gasteiger partial charge is 0.375 e. The average molecular weight is 321 g/mol. The summed E-state index contributed by atoms with van der Waals surface area (Å²) in [4.78, 5) is 23.3. The van der Waals surface area contributed by atoms with Crippen LogP contribution < -0.4 is 16.0 Å². The van der Waals surface area contributed by atoms with E-state index in [-0.39, 0.29) is 24.6 Å². The number of amides is 3. The smallest absolute Gasteiger partial charge is 0.319 e. The average Bonchev–Trinajstić information content (AvgIpc) is 2.47. The van der Waals surface area contributed by atoms with Crippen molar-refractivity contribution in [3.63, 3.8) is 0 Å². The molecule has 0 unspecified atom stereocenters. The number of methoxy groups -OCH3 is 1. The fraction of sp³-hybridized carbons (Fsp3) is 0.529. The molecule has 1 atom stereocenters. The standard InChI is InChI=1S/C17H27N3O3/c1-12(2)5-6-13(3)18-17(22)20-15-9-7-14(8-10-15)19-16(21)11-23-4/h7-10,12-13H,5-6,11H2,1-4H3,(H,19,21)(H2,18,20,22)/t13-/m0/s1. The van der Waals surface area contributed by atoms with Crippen molar-refractivity contribution < 1.29 is 14.3 Å². The second-order valence-corrected chi connectivity index (χ2v) is 6.03. The normalized spacial score (nSPS) is 11.9. The van der Waals surface area contributed by atoms with Gasteiger partial charge in [-0.05, 0) is 49.9 Å². The quantitative estimate of drug-likeness (QED) is 0.688. The predicted molar refractivity (Wildman–Crippen MR) is 92.6 cm³/mol. The maximum Gasteiger partial charge on any atom is 0.319 e. The van der Waals surface area contributed by atoms with Crippen molar-refractivity contribution in [2.24, 2.45) is 5.92 Å². The predicted octanol–water partition coefficient (Wildman–Crippen LogP) is 3.22. The van der Waals surface area contributed by atoms with Crippen LogP contribution in [0.15, 0.2) is 24.3 Å². The van der Waals surface area contributed by atoms with E-state index in [0.717, 1.165) is 12.8 Å². The molecule has 1 rings (SSSR count). The maximum absolute atomic E-state index is 11.9. The molecule has 6 nitrogen and oxygen atoms in total. The van der Waals surface area contributed by atoms with Gasteiger partial charge in [0.25, 0.3) is 0 Å². The van der Waals surface area contributed by atoms with Gasteiger partial charge in [0.05, 0.1) is 0 Å². The number of urea groups is 1. The summed E-state index contributed by atoms with van der Waals surface area (Å²) in [6.45, 7) is 6.34. The Morgan fingerprint density at radius 3 is 2.09 bits per heavy atom. The van der Waals surface area contributed by atoms with Crippen LogP contribution in [0.1, 0.15) is 33.6 Å². The molecular formula is C17H27N3O3. The van der Waals surface area contributed by atoms with Crippen LogP contribution in [0.5, 0.6) is 0 Å². The zero-order valence-corrected chi connectivity index (χ0v) is 14.3. The topological polar surface area (TPSA) is 79.5 Å². The molecule has 0 saturated carbocycles. The van der Waals surface area contributed by atoms with E-state index in [1.807, 2.05) is 6.92 Å². The highest BCUT2D eigenvalue weighted by Crippen LogP contribution is 2.13. The molecule has 3 amide bonds. The molecule has 1 aromatic carbocycles. The lowest BCUT2D eigenvalue weighted by molar-refractivity contribution is -0.119. The summed E-state index contributed by atoms with van der Waals surface area (Å²) in [6.07, 6.45) is 2.03. The van der Waals surface area contributed by atoms with Crippen LogP contribution in [-0.4, -0.2) is 31.7 Å². The lowest BCUT2D eigenvalue weighted by Crippen LogP contribution is -2.36. The minimum absolute atomic E-state index is 0.0106. The minimum Gasteiger partial charge on any atom is -0.375 e. The Labute approximate surface area is 138 Å². The van der Waals surface area contributed by atoms with Gasteiger partial charge in [-0.25, -0.2) is 4.79 Å². The summed E-state index contributed by atoms with van der Waals surface area (Å²) in [6, 6.07) is 6.83. The molecule has 6 heteroatoms. The number of carbonyl (C=O) groups is 2. The minimum atomic E-state index is -0.225. The van der Waals surface area contributed by atoms with Crippen molar-refractivity contribution in [1.82, 2.24) is 5.32 Å². The number of ether oxygens (including phenoxy) is 1. The fourth-order valence-corrected chi connectivity index (χ4v) is 2.01. The summed E-state index contributed by atoms with van der Waals surface area (Å²) < 4.78 is 4.75. The number of rotatable bonds is 8. The Morgan fingerprint density at radius 2 is 1.57 bits per heavy atom. The third kappa shape index (κ3) is 8.21. The van der Waals surface area contributed by atoms with E-state index in [2.05, 4.69) is 29.8 Å². The van der Waals surface area contributed by atoms with Gasteiger partial charge < -0.3 is 20.7 Å². The fourth-order valence-electron chi connectivity index (χ4n) is 2.01. The number of benzene rings is 1. The van der Waals surface area contributed by atoms with Gasteiger partial charge in [0.15, 0.2) is 0 Å². The van der Waals surface area contributed by atoms with Crippen molar-refractivity contribution >= 4 is 23.3 Å². The third-order valence-electron chi connectivity index (χ3n) is 3.26.